The lowest BCUT2D eigenvalue weighted by Crippen LogP contribution is -2.44. The van der Waals surface area contributed by atoms with Crippen LogP contribution < -0.4 is 9.80 Å². The molecule has 1 heterocycles. The number of imide groups is 1. The number of hydrogen-bond donors (Lipinski definition) is 0. The number of benzene rings is 2. The lowest BCUT2D eigenvalue weighted by atomic mass is 10.0. The molecule has 0 spiro atoms. The topological polar surface area (TPSA) is 99.9 Å². The van der Waals surface area contributed by atoms with Gasteiger partial charge in [-0.05, 0) is 57.2 Å². The van der Waals surface area contributed by atoms with Crippen molar-refractivity contribution < 1.29 is 28.2 Å². The molecule has 3 amide bonds. The predicted molar refractivity (Wildman–Crippen MR) is 119 cm³/mol. The Bertz CT molecular complexity index is 1180. The van der Waals surface area contributed by atoms with Gasteiger partial charge in [-0.2, -0.15) is 5.26 Å². The van der Waals surface area contributed by atoms with Crippen LogP contribution in [0.25, 0.3) is 0 Å². The van der Waals surface area contributed by atoms with Gasteiger partial charge in [-0.25, -0.2) is 18.9 Å². The maximum atomic E-state index is 14.8. The second-order valence-electron chi connectivity index (χ2n) is 7.93. The largest absolute Gasteiger partial charge is 0.457 e. The van der Waals surface area contributed by atoms with E-state index in [1.165, 1.54) is 51.3 Å². The SMILES string of the molecule is COC[C@H](C)OC(=O)c1ccc(N2C(=O)N(c3ccc(C#N)c(Cl)c3)C(=O)C2(C)C)cc1F. The molecular weight excluding hydrogens is 453 g/mol. The molecule has 1 saturated heterocycles. The van der Waals surface area contributed by atoms with Crippen LogP contribution in [0.1, 0.15) is 36.7 Å². The fraction of sp³-hybridized carbons (Fsp3) is 0.304. The lowest BCUT2D eigenvalue weighted by molar-refractivity contribution is -0.120. The van der Waals surface area contributed by atoms with E-state index in [9.17, 15) is 18.8 Å². The van der Waals surface area contributed by atoms with Crippen LogP contribution >= 0.6 is 11.6 Å². The van der Waals surface area contributed by atoms with E-state index in [4.69, 9.17) is 26.3 Å². The average molecular weight is 474 g/mol. The minimum atomic E-state index is -1.36. The van der Waals surface area contributed by atoms with Crippen molar-refractivity contribution in [1.29, 1.82) is 5.26 Å². The zero-order valence-corrected chi connectivity index (χ0v) is 19.1. The summed E-state index contributed by atoms with van der Waals surface area (Å²) >= 11 is 6.06. The molecule has 2 aromatic carbocycles. The van der Waals surface area contributed by atoms with Crippen molar-refractivity contribution in [3.63, 3.8) is 0 Å². The summed E-state index contributed by atoms with van der Waals surface area (Å²) < 4.78 is 24.8. The number of nitrogens with zero attached hydrogens (tertiary/aromatic N) is 3. The number of methoxy groups -OCH3 is 1. The van der Waals surface area contributed by atoms with E-state index in [0.717, 1.165) is 15.9 Å². The molecular formula is C23H21ClFN3O5. The summed E-state index contributed by atoms with van der Waals surface area (Å²) in [6.45, 7) is 4.80. The third-order valence-corrected chi connectivity index (χ3v) is 5.45. The molecule has 10 heteroatoms. The Morgan fingerprint density at radius 2 is 1.88 bits per heavy atom. The molecule has 3 rings (SSSR count). The van der Waals surface area contributed by atoms with Crippen molar-refractivity contribution in [3.05, 3.63) is 58.4 Å². The molecule has 0 aliphatic carbocycles. The van der Waals surface area contributed by atoms with Crippen molar-refractivity contribution in [2.75, 3.05) is 23.5 Å². The summed E-state index contributed by atoms with van der Waals surface area (Å²) in [5.74, 6) is -2.34. The van der Waals surface area contributed by atoms with E-state index in [0.29, 0.717) is 0 Å². The molecule has 0 unspecified atom stereocenters. The molecule has 0 aromatic heterocycles. The number of urea groups is 1. The van der Waals surface area contributed by atoms with Gasteiger partial charge >= 0.3 is 12.0 Å². The molecule has 2 aromatic rings. The lowest BCUT2D eigenvalue weighted by Gasteiger charge is -2.28. The fourth-order valence-electron chi connectivity index (χ4n) is 3.51. The molecule has 172 valence electrons. The van der Waals surface area contributed by atoms with E-state index in [-0.39, 0.29) is 34.1 Å². The highest BCUT2D eigenvalue weighted by molar-refractivity contribution is 6.33. The summed E-state index contributed by atoms with van der Waals surface area (Å²) in [4.78, 5) is 40.6. The first kappa shape index (κ1) is 24.2. The van der Waals surface area contributed by atoms with Crippen LogP contribution in [0.15, 0.2) is 36.4 Å². The molecule has 1 fully saturated rings. The number of hydrogen-bond acceptors (Lipinski definition) is 6. The minimum Gasteiger partial charge on any atom is -0.457 e. The van der Waals surface area contributed by atoms with Gasteiger partial charge in [-0.3, -0.25) is 9.69 Å². The number of ether oxygens (including phenoxy) is 2. The average Bonchev–Trinajstić information content (AvgIpc) is 2.91. The van der Waals surface area contributed by atoms with Crippen molar-refractivity contribution in [3.8, 4) is 6.07 Å². The van der Waals surface area contributed by atoms with Gasteiger partial charge in [0.1, 0.15) is 23.5 Å². The number of nitriles is 1. The van der Waals surface area contributed by atoms with E-state index in [1.54, 1.807) is 6.92 Å². The third-order valence-electron chi connectivity index (χ3n) is 5.14. The smallest absolute Gasteiger partial charge is 0.341 e. The second kappa shape index (κ2) is 9.17. The van der Waals surface area contributed by atoms with Gasteiger partial charge < -0.3 is 9.47 Å². The van der Waals surface area contributed by atoms with E-state index < -0.39 is 35.4 Å². The molecule has 0 saturated carbocycles. The molecule has 1 aliphatic heterocycles. The minimum absolute atomic E-state index is 0.0829. The van der Waals surface area contributed by atoms with Gasteiger partial charge in [0, 0.05) is 12.8 Å². The summed E-state index contributed by atoms with van der Waals surface area (Å²) in [5, 5.41) is 9.14. The molecule has 0 radical (unpaired) electrons. The first-order valence-electron chi connectivity index (χ1n) is 9.90. The highest BCUT2D eigenvalue weighted by Gasteiger charge is 2.52. The van der Waals surface area contributed by atoms with E-state index in [1.807, 2.05) is 6.07 Å². The molecule has 33 heavy (non-hydrogen) atoms. The van der Waals surface area contributed by atoms with Crippen LogP contribution in [-0.2, 0) is 14.3 Å². The summed E-state index contributed by atoms with van der Waals surface area (Å²) in [6.07, 6.45) is -0.578. The number of esters is 1. The fourth-order valence-corrected chi connectivity index (χ4v) is 3.73. The monoisotopic (exact) mass is 473 g/mol. The molecule has 0 bridgehead atoms. The van der Waals surface area contributed by atoms with Crippen LogP contribution in [0.3, 0.4) is 0 Å². The zero-order valence-electron chi connectivity index (χ0n) is 18.4. The molecule has 0 N–H and O–H groups in total. The Hall–Kier alpha value is -3.48. The number of carbonyl (C=O) groups excluding carboxylic acids is 3. The zero-order chi connectivity index (χ0) is 24.5. The Morgan fingerprint density at radius 1 is 1.21 bits per heavy atom. The second-order valence-corrected chi connectivity index (χ2v) is 8.34. The molecule has 1 atom stereocenters. The van der Waals surface area contributed by atoms with Crippen LogP contribution in [0.5, 0.6) is 0 Å². The van der Waals surface area contributed by atoms with Gasteiger partial charge in [0.05, 0.1) is 28.4 Å². The molecule has 8 nitrogen and oxygen atoms in total. The van der Waals surface area contributed by atoms with Crippen LogP contribution in [-0.4, -0.2) is 43.3 Å². The maximum absolute atomic E-state index is 14.8. The summed E-state index contributed by atoms with van der Waals surface area (Å²) in [6, 6.07) is 8.92. The van der Waals surface area contributed by atoms with Crippen molar-refractivity contribution in [1.82, 2.24) is 0 Å². The maximum Gasteiger partial charge on any atom is 0.341 e. The van der Waals surface area contributed by atoms with Crippen molar-refractivity contribution >= 4 is 40.9 Å². The standard InChI is InChI=1S/C23H21ClFN3O5/c1-13(12-32-4)33-20(29)17-8-7-16(10-19(17)25)28-22(31)27(21(30)23(28,2)3)15-6-5-14(11-26)18(24)9-15/h5-10,13H,12H2,1-4H3/t13-/m0/s1. The van der Waals surface area contributed by atoms with Gasteiger partial charge in [-0.1, -0.05) is 11.6 Å². The number of anilines is 2. The van der Waals surface area contributed by atoms with Gasteiger partial charge in [-0.15, -0.1) is 0 Å². The predicted octanol–water partition coefficient (Wildman–Crippen LogP) is 4.29. The number of halogens is 2. The number of amides is 3. The molecule has 1 aliphatic rings. The Morgan fingerprint density at radius 3 is 2.45 bits per heavy atom. The van der Waals surface area contributed by atoms with Crippen LogP contribution in [0, 0.1) is 17.1 Å². The third kappa shape index (κ3) is 4.40. The van der Waals surface area contributed by atoms with Gasteiger partial charge in [0.15, 0.2) is 0 Å². The van der Waals surface area contributed by atoms with Crippen molar-refractivity contribution in [2.24, 2.45) is 0 Å². The van der Waals surface area contributed by atoms with Crippen LogP contribution in [0.4, 0.5) is 20.6 Å². The highest BCUT2D eigenvalue weighted by Crippen LogP contribution is 2.37. The van der Waals surface area contributed by atoms with Crippen LogP contribution in [0.2, 0.25) is 5.02 Å². The first-order chi connectivity index (χ1) is 15.5. The quantitative estimate of drug-likeness (QED) is 0.458. The Labute approximate surface area is 195 Å². The number of rotatable bonds is 6. The van der Waals surface area contributed by atoms with Gasteiger partial charge in [0.2, 0.25) is 0 Å². The van der Waals surface area contributed by atoms with E-state index in [2.05, 4.69) is 0 Å². The van der Waals surface area contributed by atoms with Crippen molar-refractivity contribution in [2.45, 2.75) is 32.4 Å². The highest BCUT2D eigenvalue weighted by atomic mass is 35.5. The first-order valence-corrected chi connectivity index (χ1v) is 10.3. The normalized spacial score (nSPS) is 16.0. The number of carbonyl (C=O) groups is 3. The summed E-state index contributed by atoms with van der Waals surface area (Å²) in [5.41, 5.74) is -1.22. The Kier molecular flexibility index (Phi) is 6.72. The summed E-state index contributed by atoms with van der Waals surface area (Å²) in [7, 11) is 1.45. The Balaban J connectivity index is 1.94. The van der Waals surface area contributed by atoms with Gasteiger partial charge in [0.25, 0.3) is 5.91 Å². The van der Waals surface area contributed by atoms with E-state index >= 15 is 0 Å².